The smallest absolute Gasteiger partial charge is 0.317 e. The van der Waals surface area contributed by atoms with Gasteiger partial charge in [0, 0.05) is 50.8 Å². The maximum Gasteiger partial charge on any atom is 0.317 e. The normalized spacial score (nSPS) is 31.4. The standard InChI is InChI=1S/C17H29N3O2/c21-16(20-8-5-17(12-20)6-10-22-13-17)18-7-9-19(15-3-4-15)11-14-1-2-14/h14-15H,1-13H2,(H,18,21). The molecular weight excluding hydrogens is 278 g/mol. The summed E-state index contributed by atoms with van der Waals surface area (Å²) >= 11 is 0. The Balaban J connectivity index is 1.19. The lowest BCUT2D eigenvalue weighted by molar-refractivity contribution is 0.152. The first-order valence-electron chi connectivity index (χ1n) is 9.09. The minimum atomic E-state index is 0.131. The topological polar surface area (TPSA) is 44.8 Å². The van der Waals surface area contributed by atoms with Gasteiger partial charge in [-0.1, -0.05) is 0 Å². The van der Waals surface area contributed by atoms with Gasteiger partial charge >= 0.3 is 6.03 Å². The number of urea groups is 1. The number of nitrogens with one attached hydrogen (secondary N) is 1. The van der Waals surface area contributed by atoms with E-state index in [0.29, 0.717) is 0 Å². The van der Waals surface area contributed by atoms with Crippen molar-refractivity contribution in [3.8, 4) is 0 Å². The van der Waals surface area contributed by atoms with Gasteiger partial charge < -0.3 is 15.0 Å². The highest BCUT2D eigenvalue weighted by molar-refractivity contribution is 5.74. The molecule has 2 aliphatic heterocycles. The average Bonchev–Trinajstić information content (AvgIpc) is 3.44. The van der Waals surface area contributed by atoms with E-state index in [-0.39, 0.29) is 11.4 Å². The van der Waals surface area contributed by atoms with E-state index in [1.54, 1.807) is 0 Å². The molecule has 4 aliphatic rings. The Kier molecular flexibility index (Phi) is 4.03. The third kappa shape index (κ3) is 3.40. The first-order chi connectivity index (χ1) is 10.7. The number of ether oxygens (including phenoxy) is 1. The van der Waals surface area contributed by atoms with Crippen LogP contribution < -0.4 is 5.32 Å². The number of carbonyl (C=O) groups is 1. The molecule has 0 aromatic carbocycles. The molecule has 5 nitrogen and oxygen atoms in total. The van der Waals surface area contributed by atoms with Gasteiger partial charge in [0.2, 0.25) is 0 Å². The van der Waals surface area contributed by atoms with Crippen LogP contribution in [0.25, 0.3) is 0 Å². The van der Waals surface area contributed by atoms with E-state index in [0.717, 1.165) is 64.2 Å². The van der Waals surface area contributed by atoms with Gasteiger partial charge in [0.25, 0.3) is 0 Å². The Morgan fingerprint density at radius 2 is 2.14 bits per heavy atom. The fourth-order valence-electron chi connectivity index (χ4n) is 3.99. The predicted octanol–water partition coefficient (Wildman–Crippen LogP) is 1.68. The molecule has 0 radical (unpaired) electrons. The summed E-state index contributed by atoms with van der Waals surface area (Å²) in [4.78, 5) is 16.9. The molecule has 2 saturated heterocycles. The molecule has 1 N–H and O–H groups in total. The molecule has 22 heavy (non-hydrogen) atoms. The van der Waals surface area contributed by atoms with E-state index in [1.165, 1.54) is 32.2 Å². The van der Waals surface area contributed by atoms with Gasteiger partial charge in [-0.2, -0.15) is 0 Å². The lowest BCUT2D eigenvalue weighted by Crippen LogP contribution is -2.43. The lowest BCUT2D eigenvalue weighted by atomic mass is 9.87. The summed E-state index contributed by atoms with van der Waals surface area (Å²) in [6, 6.07) is 0.939. The molecule has 1 unspecified atom stereocenters. The van der Waals surface area contributed by atoms with E-state index in [2.05, 4.69) is 10.2 Å². The van der Waals surface area contributed by atoms with Gasteiger partial charge in [-0.15, -0.1) is 0 Å². The Morgan fingerprint density at radius 1 is 1.27 bits per heavy atom. The van der Waals surface area contributed by atoms with Crippen LogP contribution in [0.4, 0.5) is 4.79 Å². The summed E-state index contributed by atoms with van der Waals surface area (Å²) in [7, 11) is 0. The first kappa shape index (κ1) is 14.8. The summed E-state index contributed by atoms with van der Waals surface area (Å²) in [5, 5.41) is 3.14. The summed E-state index contributed by atoms with van der Waals surface area (Å²) in [6.07, 6.45) is 7.76. The van der Waals surface area contributed by atoms with Crippen LogP contribution in [0, 0.1) is 11.3 Å². The largest absolute Gasteiger partial charge is 0.381 e. The highest BCUT2D eigenvalue weighted by Gasteiger charge is 2.42. The average molecular weight is 307 g/mol. The molecule has 0 bridgehead atoms. The SMILES string of the molecule is O=C(NCCN(CC1CC1)C1CC1)N1CCC2(CCOC2)C1. The van der Waals surface area contributed by atoms with Crippen molar-refractivity contribution < 1.29 is 9.53 Å². The number of carbonyl (C=O) groups excluding carboxylic acids is 1. The van der Waals surface area contributed by atoms with E-state index in [4.69, 9.17) is 4.74 Å². The third-order valence-corrected chi connectivity index (χ3v) is 5.84. The van der Waals surface area contributed by atoms with Crippen LogP contribution in [-0.4, -0.2) is 67.8 Å². The Labute approximate surface area is 133 Å². The van der Waals surface area contributed by atoms with Crippen LogP contribution in [0.5, 0.6) is 0 Å². The maximum atomic E-state index is 12.3. The molecule has 0 aromatic heterocycles. The van der Waals surface area contributed by atoms with E-state index in [9.17, 15) is 4.79 Å². The molecule has 4 rings (SSSR count). The zero-order valence-corrected chi connectivity index (χ0v) is 13.6. The van der Waals surface area contributed by atoms with Gasteiger partial charge in [-0.3, -0.25) is 4.90 Å². The summed E-state index contributed by atoms with van der Waals surface area (Å²) in [6.45, 7) is 6.55. The Bertz CT molecular complexity index is 414. The molecule has 2 amide bonds. The van der Waals surface area contributed by atoms with Crippen molar-refractivity contribution in [2.45, 2.75) is 44.6 Å². The number of rotatable bonds is 6. The van der Waals surface area contributed by atoms with Crippen molar-refractivity contribution in [2.75, 3.05) is 45.9 Å². The molecular formula is C17H29N3O2. The van der Waals surface area contributed by atoms with Crippen LogP contribution in [0.2, 0.25) is 0 Å². The Morgan fingerprint density at radius 3 is 2.82 bits per heavy atom. The van der Waals surface area contributed by atoms with Crippen molar-refractivity contribution in [3.05, 3.63) is 0 Å². The minimum absolute atomic E-state index is 0.131. The molecule has 0 aromatic rings. The van der Waals surface area contributed by atoms with Crippen molar-refractivity contribution >= 4 is 6.03 Å². The number of hydrogen-bond donors (Lipinski definition) is 1. The zero-order valence-electron chi connectivity index (χ0n) is 13.6. The summed E-state index contributed by atoms with van der Waals surface area (Å²) in [5.41, 5.74) is 0.267. The van der Waals surface area contributed by atoms with Gasteiger partial charge in [0.1, 0.15) is 0 Å². The maximum absolute atomic E-state index is 12.3. The molecule has 2 saturated carbocycles. The zero-order chi connectivity index (χ0) is 15.0. The van der Waals surface area contributed by atoms with Crippen molar-refractivity contribution in [3.63, 3.8) is 0 Å². The number of amides is 2. The second-order valence-corrected chi connectivity index (χ2v) is 7.88. The monoisotopic (exact) mass is 307 g/mol. The predicted molar refractivity (Wildman–Crippen MR) is 84.8 cm³/mol. The van der Waals surface area contributed by atoms with Crippen LogP contribution in [0.1, 0.15) is 38.5 Å². The van der Waals surface area contributed by atoms with Gasteiger partial charge in [-0.05, 0) is 44.4 Å². The number of hydrogen-bond acceptors (Lipinski definition) is 3. The number of likely N-dealkylation sites (tertiary alicyclic amines) is 1. The fraction of sp³-hybridized carbons (Fsp3) is 0.941. The summed E-state index contributed by atoms with van der Waals surface area (Å²) in [5.74, 6) is 0.942. The molecule has 1 atom stereocenters. The van der Waals surface area contributed by atoms with Crippen LogP contribution in [0.15, 0.2) is 0 Å². The van der Waals surface area contributed by atoms with Gasteiger partial charge in [0.15, 0.2) is 0 Å². The second kappa shape index (κ2) is 6.00. The highest BCUT2D eigenvalue weighted by atomic mass is 16.5. The fourth-order valence-corrected chi connectivity index (χ4v) is 3.99. The number of nitrogens with zero attached hydrogens (tertiary/aromatic N) is 2. The lowest BCUT2D eigenvalue weighted by Gasteiger charge is -2.24. The van der Waals surface area contributed by atoms with Crippen LogP contribution in [0.3, 0.4) is 0 Å². The van der Waals surface area contributed by atoms with Crippen molar-refractivity contribution in [1.82, 2.24) is 15.1 Å². The quantitative estimate of drug-likeness (QED) is 0.812. The molecule has 1 spiro atoms. The van der Waals surface area contributed by atoms with Gasteiger partial charge in [-0.25, -0.2) is 4.79 Å². The van der Waals surface area contributed by atoms with E-state index < -0.39 is 0 Å². The molecule has 5 heteroatoms. The first-order valence-corrected chi connectivity index (χ1v) is 9.09. The van der Waals surface area contributed by atoms with Crippen molar-refractivity contribution in [2.24, 2.45) is 11.3 Å². The van der Waals surface area contributed by atoms with Crippen LogP contribution in [-0.2, 0) is 4.74 Å². The molecule has 4 fully saturated rings. The summed E-state index contributed by atoms with van der Waals surface area (Å²) < 4.78 is 5.53. The van der Waals surface area contributed by atoms with Crippen molar-refractivity contribution in [1.29, 1.82) is 0 Å². The van der Waals surface area contributed by atoms with E-state index in [1.807, 2.05) is 4.90 Å². The highest BCUT2D eigenvalue weighted by Crippen LogP contribution is 2.38. The second-order valence-electron chi connectivity index (χ2n) is 7.88. The minimum Gasteiger partial charge on any atom is -0.381 e. The molecule has 124 valence electrons. The molecule has 2 aliphatic carbocycles. The van der Waals surface area contributed by atoms with E-state index >= 15 is 0 Å². The van der Waals surface area contributed by atoms with Gasteiger partial charge in [0.05, 0.1) is 6.61 Å². The van der Waals surface area contributed by atoms with Crippen LogP contribution >= 0.6 is 0 Å². The molecule has 2 heterocycles. The third-order valence-electron chi connectivity index (χ3n) is 5.84. The Hall–Kier alpha value is -0.810.